The Morgan fingerprint density at radius 1 is 1.20 bits per heavy atom. The van der Waals surface area contributed by atoms with Crippen molar-refractivity contribution in [2.45, 2.75) is 69.7 Å². The summed E-state index contributed by atoms with van der Waals surface area (Å²) >= 11 is 0. The molecule has 1 amide bonds. The summed E-state index contributed by atoms with van der Waals surface area (Å²) in [5.41, 5.74) is 6.17. The zero-order valence-corrected chi connectivity index (χ0v) is 12.7. The molecule has 1 aliphatic carbocycles. The molecule has 116 valence electrons. The van der Waals surface area contributed by atoms with E-state index in [1.165, 1.54) is 0 Å². The van der Waals surface area contributed by atoms with Crippen molar-refractivity contribution in [2.24, 2.45) is 5.73 Å². The lowest BCUT2D eigenvalue weighted by molar-refractivity contribution is -0.136. The maximum absolute atomic E-state index is 11.7. The highest BCUT2D eigenvalue weighted by Crippen LogP contribution is 2.24. The summed E-state index contributed by atoms with van der Waals surface area (Å²) < 4.78 is 11.4. The standard InChI is InChI=1S/C15H28N2O3/c1-11(18)17-9-3-4-14(16)15(17)10-20-13-7-5-12(19-2)6-8-13/h12-15H,3-10,16H2,1-2H3. The highest BCUT2D eigenvalue weighted by Gasteiger charge is 2.32. The number of hydrogen-bond donors (Lipinski definition) is 1. The molecule has 0 spiro atoms. The average molecular weight is 284 g/mol. The number of carbonyl (C=O) groups excluding carboxylic acids is 1. The highest BCUT2D eigenvalue weighted by molar-refractivity contribution is 5.73. The molecule has 0 aromatic rings. The van der Waals surface area contributed by atoms with Crippen LogP contribution in [0.3, 0.4) is 0 Å². The van der Waals surface area contributed by atoms with Gasteiger partial charge in [-0.05, 0) is 38.5 Å². The predicted octanol–water partition coefficient (Wildman–Crippen LogP) is 1.30. The van der Waals surface area contributed by atoms with E-state index in [4.69, 9.17) is 15.2 Å². The molecule has 2 unspecified atom stereocenters. The Morgan fingerprint density at radius 3 is 2.45 bits per heavy atom. The van der Waals surface area contributed by atoms with Gasteiger partial charge >= 0.3 is 0 Å². The summed E-state index contributed by atoms with van der Waals surface area (Å²) in [6, 6.07) is 0.0874. The molecule has 5 heteroatoms. The van der Waals surface area contributed by atoms with E-state index in [9.17, 15) is 4.79 Å². The number of piperidine rings is 1. The van der Waals surface area contributed by atoms with E-state index in [0.29, 0.717) is 18.8 Å². The number of nitrogens with zero attached hydrogens (tertiary/aromatic N) is 1. The first-order valence-corrected chi connectivity index (χ1v) is 7.79. The molecule has 0 bridgehead atoms. The van der Waals surface area contributed by atoms with Gasteiger partial charge in [0.15, 0.2) is 0 Å². The van der Waals surface area contributed by atoms with Crippen LogP contribution in [0.15, 0.2) is 0 Å². The average Bonchev–Trinajstić information content (AvgIpc) is 2.46. The number of amides is 1. The van der Waals surface area contributed by atoms with Gasteiger partial charge in [-0.25, -0.2) is 0 Å². The van der Waals surface area contributed by atoms with Crippen molar-refractivity contribution < 1.29 is 14.3 Å². The van der Waals surface area contributed by atoms with E-state index >= 15 is 0 Å². The molecule has 1 aliphatic heterocycles. The number of carbonyl (C=O) groups is 1. The van der Waals surface area contributed by atoms with E-state index in [2.05, 4.69) is 0 Å². The third-order valence-electron chi connectivity index (χ3n) is 4.69. The van der Waals surface area contributed by atoms with E-state index in [-0.39, 0.29) is 18.0 Å². The van der Waals surface area contributed by atoms with Crippen LogP contribution >= 0.6 is 0 Å². The Labute approximate surface area is 121 Å². The molecule has 2 atom stereocenters. The van der Waals surface area contributed by atoms with Crippen LogP contribution in [0.1, 0.15) is 45.4 Å². The number of methoxy groups -OCH3 is 1. The van der Waals surface area contributed by atoms with Crippen LogP contribution < -0.4 is 5.73 Å². The first kappa shape index (κ1) is 15.7. The number of rotatable bonds is 4. The number of likely N-dealkylation sites (tertiary alicyclic amines) is 1. The van der Waals surface area contributed by atoms with Gasteiger partial charge in [-0.1, -0.05) is 0 Å². The predicted molar refractivity (Wildman–Crippen MR) is 77.4 cm³/mol. The van der Waals surface area contributed by atoms with Crippen LogP contribution in [-0.4, -0.2) is 55.4 Å². The first-order valence-electron chi connectivity index (χ1n) is 7.79. The molecule has 1 heterocycles. The van der Waals surface area contributed by atoms with Gasteiger partial charge in [0.2, 0.25) is 5.91 Å². The third kappa shape index (κ3) is 3.93. The monoisotopic (exact) mass is 284 g/mol. The second-order valence-corrected chi connectivity index (χ2v) is 6.05. The molecule has 2 N–H and O–H groups in total. The van der Waals surface area contributed by atoms with Gasteiger partial charge in [0.25, 0.3) is 0 Å². The molecular weight excluding hydrogens is 256 g/mol. The lowest BCUT2D eigenvalue weighted by Gasteiger charge is -2.40. The van der Waals surface area contributed by atoms with Gasteiger partial charge in [0.1, 0.15) is 0 Å². The Kier molecular flexibility index (Phi) is 5.81. The topological polar surface area (TPSA) is 64.8 Å². The minimum atomic E-state index is 0.0430. The Bertz CT molecular complexity index is 316. The summed E-state index contributed by atoms with van der Waals surface area (Å²) in [6.45, 7) is 3.01. The van der Waals surface area contributed by atoms with Crippen LogP contribution in [0.5, 0.6) is 0 Å². The van der Waals surface area contributed by atoms with Crippen molar-refractivity contribution in [3.8, 4) is 0 Å². The molecular formula is C15H28N2O3. The number of nitrogens with two attached hydrogens (primary N) is 1. The maximum Gasteiger partial charge on any atom is 0.219 e. The van der Waals surface area contributed by atoms with Gasteiger partial charge in [0, 0.05) is 26.6 Å². The van der Waals surface area contributed by atoms with Crippen molar-refractivity contribution >= 4 is 5.91 Å². The molecule has 5 nitrogen and oxygen atoms in total. The molecule has 1 saturated heterocycles. The fraction of sp³-hybridized carbons (Fsp3) is 0.933. The quantitative estimate of drug-likeness (QED) is 0.845. The van der Waals surface area contributed by atoms with Crippen LogP contribution in [0.2, 0.25) is 0 Å². The van der Waals surface area contributed by atoms with Crippen LogP contribution in [-0.2, 0) is 14.3 Å². The van der Waals surface area contributed by atoms with E-state index in [0.717, 1.165) is 45.1 Å². The van der Waals surface area contributed by atoms with Gasteiger partial charge < -0.3 is 20.1 Å². The van der Waals surface area contributed by atoms with Gasteiger partial charge in [-0.3, -0.25) is 4.79 Å². The van der Waals surface area contributed by atoms with Crippen molar-refractivity contribution in [3.05, 3.63) is 0 Å². The SMILES string of the molecule is COC1CCC(OCC2C(N)CCCN2C(C)=O)CC1. The van der Waals surface area contributed by atoms with Crippen LogP contribution in [0, 0.1) is 0 Å². The summed E-state index contributed by atoms with van der Waals surface area (Å²) in [7, 11) is 1.78. The van der Waals surface area contributed by atoms with Crippen LogP contribution in [0.25, 0.3) is 0 Å². The van der Waals surface area contributed by atoms with Crippen molar-refractivity contribution in [3.63, 3.8) is 0 Å². The molecule has 1 saturated carbocycles. The fourth-order valence-electron chi connectivity index (χ4n) is 3.36. The van der Waals surface area contributed by atoms with E-state index in [1.807, 2.05) is 4.90 Å². The highest BCUT2D eigenvalue weighted by atomic mass is 16.5. The lowest BCUT2D eigenvalue weighted by atomic mass is 9.94. The zero-order valence-electron chi connectivity index (χ0n) is 12.7. The van der Waals surface area contributed by atoms with Crippen molar-refractivity contribution in [1.82, 2.24) is 4.90 Å². The zero-order chi connectivity index (χ0) is 14.5. The van der Waals surface area contributed by atoms with Gasteiger partial charge in [-0.15, -0.1) is 0 Å². The summed E-state index contributed by atoms with van der Waals surface area (Å²) in [4.78, 5) is 13.6. The molecule has 0 aromatic heterocycles. The Morgan fingerprint density at radius 2 is 1.85 bits per heavy atom. The second-order valence-electron chi connectivity index (χ2n) is 6.05. The molecule has 2 aliphatic rings. The summed E-state index contributed by atoms with van der Waals surface area (Å²) in [5.74, 6) is 0.108. The van der Waals surface area contributed by atoms with E-state index in [1.54, 1.807) is 14.0 Å². The van der Waals surface area contributed by atoms with Crippen LogP contribution in [0.4, 0.5) is 0 Å². The smallest absolute Gasteiger partial charge is 0.219 e. The summed E-state index contributed by atoms with van der Waals surface area (Å²) in [6.07, 6.45) is 6.87. The minimum absolute atomic E-state index is 0.0430. The number of ether oxygens (including phenoxy) is 2. The van der Waals surface area contributed by atoms with Gasteiger partial charge in [-0.2, -0.15) is 0 Å². The Hall–Kier alpha value is -0.650. The second kappa shape index (κ2) is 7.38. The van der Waals surface area contributed by atoms with Crippen molar-refractivity contribution in [1.29, 1.82) is 0 Å². The molecule has 20 heavy (non-hydrogen) atoms. The molecule has 2 rings (SSSR count). The van der Waals surface area contributed by atoms with Crippen molar-refractivity contribution in [2.75, 3.05) is 20.3 Å². The first-order chi connectivity index (χ1) is 9.61. The molecule has 0 radical (unpaired) electrons. The molecule has 0 aromatic carbocycles. The maximum atomic E-state index is 11.7. The molecule has 2 fully saturated rings. The van der Waals surface area contributed by atoms with Gasteiger partial charge in [0.05, 0.1) is 24.9 Å². The van der Waals surface area contributed by atoms with E-state index < -0.39 is 0 Å². The normalized spacial score (nSPS) is 35.0. The third-order valence-corrected chi connectivity index (χ3v) is 4.69. The Balaban J connectivity index is 1.80. The number of hydrogen-bond acceptors (Lipinski definition) is 4. The lowest BCUT2D eigenvalue weighted by Crippen LogP contribution is -2.56. The largest absolute Gasteiger partial charge is 0.381 e. The fourth-order valence-corrected chi connectivity index (χ4v) is 3.36. The minimum Gasteiger partial charge on any atom is -0.381 e. The summed E-state index contributed by atoms with van der Waals surface area (Å²) in [5, 5.41) is 0.